The van der Waals surface area contributed by atoms with Crippen molar-refractivity contribution in [2.75, 3.05) is 24.1 Å². The lowest BCUT2D eigenvalue weighted by molar-refractivity contribution is -0.115. The van der Waals surface area contributed by atoms with E-state index in [9.17, 15) is 14.0 Å². The van der Waals surface area contributed by atoms with E-state index < -0.39 is 12.9 Å². The molecule has 0 aliphatic carbocycles. The molecule has 0 spiro atoms. The number of aliphatic imine (C=N–C) groups is 1. The van der Waals surface area contributed by atoms with Gasteiger partial charge in [0.2, 0.25) is 12.8 Å². The number of aromatic nitrogens is 3. The Morgan fingerprint density at radius 3 is 2.74 bits per heavy atom. The van der Waals surface area contributed by atoms with Crippen LogP contribution in [0.4, 0.5) is 14.9 Å². The van der Waals surface area contributed by atoms with Crippen LogP contribution in [0.5, 0.6) is 5.75 Å². The van der Waals surface area contributed by atoms with Crippen LogP contribution in [-0.2, 0) is 11.2 Å². The first-order chi connectivity index (χ1) is 19.0. The number of urea groups is 1. The summed E-state index contributed by atoms with van der Waals surface area (Å²) in [5.41, 5.74) is 4.27. The van der Waals surface area contributed by atoms with E-state index in [0.717, 1.165) is 28.1 Å². The number of carbonyl (C=O) groups is 2. The Morgan fingerprint density at radius 2 is 1.95 bits per heavy atom. The fraction of sp³-hybridized carbons (Fsp3) is 0.179. The second kappa shape index (κ2) is 11.9. The Hall–Kier alpha value is -4.51. The molecule has 1 aromatic heterocycles. The Kier molecular flexibility index (Phi) is 7.97. The highest BCUT2D eigenvalue weighted by molar-refractivity contribution is 8.15. The van der Waals surface area contributed by atoms with Crippen LogP contribution < -0.4 is 15.0 Å². The second-order valence-electron chi connectivity index (χ2n) is 8.64. The maximum Gasteiger partial charge on any atom is 0.343 e. The van der Waals surface area contributed by atoms with Crippen LogP contribution in [0.2, 0.25) is 0 Å². The molecule has 0 radical (unpaired) electrons. The molecular weight excluding hydrogens is 519 g/mol. The summed E-state index contributed by atoms with van der Waals surface area (Å²) in [4.78, 5) is 35.1. The maximum atomic E-state index is 12.5. The fourth-order valence-corrected chi connectivity index (χ4v) is 4.94. The molecule has 1 aliphatic heterocycles. The van der Waals surface area contributed by atoms with Gasteiger partial charge in [0.15, 0.2) is 11.0 Å². The Morgan fingerprint density at radius 1 is 1.13 bits per heavy atom. The van der Waals surface area contributed by atoms with Crippen molar-refractivity contribution in [3.8, 4) is 22.8 Å². The van der Waals surface area contributed by atoms with Gasteiger partial charge in [0.1, 0.15) is 12.1 Å². The highest BCUT2D eigenvalue weighted by Crippen LogP contribution is 2.29. The number of alkyl halides is 1. The standard InChI is InChI=1S/C28H25FN6O3S/c1-19-5-2-3-8-24(19)35-25(36)16-39-28(35)32-27(37)30-14-13-20-6-4-7-21(15-20)26-31-18-34(33-26)22-9-11-23(12-10-22)38-17-29/h2-12,15,18H,13-14,16-17H2,1H3,(H,30,37). The summed E-state index contributed by atoms with van der Waals surface area (Å²) < 4.78 is 18.8. The van der Waals surface area contributed by atoms with Crippen LogP contribution >= 0.6 is 11.8 Å². The number of anilines is 1. The average molecular weight is 545 g/mol. The summed E-state index contributed by atoms with van der Waals surface area (Å²) in [6.45, 7) is 1.41. The quantitative estimate of drug-likeness (QED) is 0.337. The number of halogens is 1. The predicted octanol–water partition coefficient (Wildman–Crippen LogP) is 4.94. The van der Waals surface area contributed by atoms with Gasteiger partial charge in [0, 0.05) is 12.1 Å². The topological polar surface area (TPSA) is 102 Å². The van der Waals surface area contributed by atoms with Crippen LogP contribution in [0.1, 0.15) is 11.1 Å². The van der Waals surface area contributed by atoms with E-state index in [2.05, 4.69) is 20.4 Å². The largest absolute Gasteiger partial charge is 0.463 e. The number of aryl methyl sites for hydroxylation is 1. The summed E-state index contributed by atoms with van der Waals surface area (Å²) in [5.74, 6) is 1.13. The minimum absolute atomic E-state index is 0.100. The molecule has 4 aromatic rings. The minimum atomic E-state index is -0.881. The fourth-order valence-electron chi connectivity index (χ4n) is 4.08. The van der Waals surface area contributed by atoms with Crippen molar-refractivity contribution in [3.05, 3.63) is 90.3 Å². The molecule has 1 saturated heterocycles. The number of nitrogens with zero attached hydrogens (tertiary/aromatic N) is 5. The van der Waals surface area contributed by atoms with E-state index in [0.29, 0.717) is 29.7 Å². The zero-order chi connectivity index (χ0) is 27.2. The third kappa shape index (κ3) is 6.15. The Labute approximate surface area is 228 Å². The van der Waals surface area contributed by atoms with Crippen molar-refractivity contribution in [3.63, 3.8) is 0 Å². The van der Waals surface area contributed by atoms with Crippen LogP contribution in [-0.4, -0.2) is 51.0 Å². The lowest BCUT2D eigenvalue weighted by Crippen LogP contribution is -2.32. The van der Waals surface area contributed by atoms with Crippen LogP contribution in [0.25, 0.3) is 17.1 Å². The van der Waals surface area contributed by atoms with Crippen molar-refractivity contribution in [2.24, 2.45) is 4.99 Å². The summed E-state index contributed by atoms with van der Waals surface area (Å²) in [6, 6.07) is 21.7. The molecule has 9 nitrogen and oxygen atoms in total. The Balaban J connectivity index is 1.20. The third-order valence-electron chi connectivity index (χ3n) is 6.01. The number of hydrogen-bond donors (Lipinski definition) is 1. The van der Waals surface area contributed by atoms with Crippen molar-refractivity contribution >= 4 is 34.6 Å². The number of nitrogens with one attached hydrogen (secondary N) is 1. The first-order valence-corrected chi connectivity index (χ1v) is 13.2. The van der Waals surface area contributed by atoms with Crippen molar-refractivity contribution < 1.29 is 18.7 Å². The number of amides is 3. The number of hydrogen-bond acceptors (Lipinski definition) is 6. The lowest BCUT2D eigenvalue weighted by Gasteiger charge is -2.18. The van der Waals surface area contributed by atoms with Gasteiger partial charge in [-0.2, -0.15) is 4.99 Å². The van der Waals surface area contributed by atoms with E-state index >= 15 is 0 Å². The summed E-state index contributed by atoms with van der Waals surface area (Å²) in [7, 11) is 0. The van der Waals surface area contributed by atoms with Gasteiger partial charge in [0.25, 0.3) is 0 Å². The second-order valence-corrected chi connectivity index (χ2v) is 9.58. The van der Waals surface area contributed by atoms with E-state index in [1.165, 1.54) is 16.7 Å². The van der Waals surface area contributed by atoms with Crippen LogP contribution in [0.15, 0.2) is 84.1 Å². The summed E-state index contributed by atoms with van der Waals surface area (Å²) >= 11 is 1.25. The maximum absolute atomic E-state index is 12.5. The molecule has 11 heteroatoms. The normalized spacial score (nSPS) is 14.2. The van der Waals surface area contributed by atoms with Crippen molar-refractivity contribution in [1.82, 2.24) is 20.1 Å². The van der Waals surface area contributed by atoms with Gasteiger partial charge in [-0.15, -0.1) is 5.10 Å². The zero-order valence-corrected chi connectivity index (χ0v) is 21.9. The molecule has 2 heterocycles. The number of thioether (sulfide) groups is 1. The van der Waals surface area contributed by atoms with Crippen molar-refractivity contribution in [2.45, 2.75) is 13.3 Å². The summed E-state index contributed by atoms with van der Waals surface area (Å²) in [6.07, 6.45) is 2.19. The molecule has 1 N–H and O–H groups in total. The number of rotatable bonds is 8. The number of benzene rings is 3. The minimum Gasteiger partial charge on any atom is -0.463 e. The van der Waals surface area contributed by atoms with Crippen molar-refractivity contribution in [1.29, 1.82) is 0 Å². The van der Waals surface area contributed by atoms with Gasteiger partial charge in [-0.1, -0.05) is 48.2 Å². The molecule has 3 aromatic carbocycles. The Bertz CT molecular complexity index is 1520. The SMILES string of the molecule is Cc1ccccc1N1C(=O)CSC1=NC(=O)NCCc1cccc(-c2ncn(-c3ccc(OCF)cc3)n2)c1. The predicted molar refractivity (Wildman–Crippen MR) is 149 cm³/mol. The number of para-hydroxylation sites is 1. The molecular formula is C28H25FN6O3S. The van der Waals surface area contributed by atoms with Gasteiger partial charge in [-0.25, -0.2) is 18.9 Å². The van der Waals surface area contributed by atoms with Gasteiger partial charge >= 0.3 is 6.03 Å². The summed E-state index contributed by atoms with van der Waals surface area (Å²) in [5, 5.41) is 7.73. The van der Waals surface area contributed by atoms with Crippen LogP contribution in [0, 0.1) is 6.92 Å². The molecule has 0 bridgehead atoms. The molecule has 1 fully saturated rings. The average Bonchev–Trinajstić information content (AvgIpc) is 3.57. The molecule has 39 heavy (non-hydrogen) atoms. The van der Waals surface area contributed by atoms with E-state index in [-0.39, 0.29) is 11.7 Å². The molecule has 198 valence electrons. The first-order valence-electron chi connectivity index (χ1n) is 12.2. The van der Waals surface area contributed by atoms with Gasteiger partial charge < -0.3 is 10.1 Å². The third-order valence-corrected chi connectivity index (χ3v) is 6.93. The molecule has 0 unspecified atom stereocenters. The highest BCUT2D eigenvalue weighted by Gasteiger charge is 2.31. The molecule has 5 rings (SSSR count). The van der Waals surface area contributed by atoms with Gasteiger partial charge in [-0.3, -0.25) is 9.69 Å². The van der Waals surface area contributed by atoms with Crippen LogP contribution in [0.3, 0.4) is 0 Å². The monoisotopic (exact) mass is 544 g/mol. The number of ether oxygens (including phenoxy) is 1. The van der Waals surface area contributed by atoms with E-state index in [1.54, 1.807) is 35.3 Å². The smallest absolute Gasteiger partial charge is 0.343 e. The molecule has 1 aliphatic rings. The number of carbonyl (C=O) groups excluding carboxylic acids is 2. The first kappa shape index (κ1) is 26.1. The van der Waals surface area contributed by atoms with Gasteiger partial charge in [-0.05, 0) is 60.9 Å². The molecule has 3 amide bonds. The van der Waals surface area contributed by atoms with E-state index in [4.69, 9.17) is 4.74 Å². The van der Waals surface area contributed by atoms with E-state index in [1.807, 2.05) is 55.5 Å². The molecule has 0 saturated carbocycles. The highest BCUT2D eigenvalue weighted by atomic mass is 32.2. The lowest BCUT2D eigenvalue weighted by atomic mass is 10.1. The molecule has 0 atom stereocenters. The number of amidine groups is 1. The zero-order valence-electron chi connectivity index (χ0n) is 21.1. The van der Waals surface area contributed by atoms with Gasteiger partial charge in [0.05, 0.1) is 17.1 Å².